The van der Waals surface area contributed by atoms with Crippen molar-refractivity contribution in [2.45, 2.75) is 18.8 Å². The Morgan fingerprint density at radius 3 is 2.92 bits per heavy atom. The van der Waals surface area contributed by atoms with Gasteiger partial charge in [-0.15, -0.1) is 0 Å². The molecule has 2 rings (SSSR count). The highest BCUT2D eigenvalue weighted by Gasteiger charge is 2.39. The van der Waals surface area contributed by atoms with Gasteiger partial charge in [-0.25, -0.2) is 0 Å². The molecule has 1 amide bonds. The molecule has 24 heavy (non-hydrogen) atoms. The number of hydrogen-bond donors (Lipinski definition) is 0. The predicted molar refractivity (Wildman–Crippen MR) is 79.9 cm³/mol. The monoisotopic (exact) mass is 341 g/mol. The largest absolute Gasteiger partial charge is 0.401 e. The number of hydrogen-bond acceptors (Lipinski definition) is 4. The minimum Gasteiger partial charge on any atom is -0.378 e. The smallest absolute Gasteiger partial charge is 0.378 e. The molecule has 0 aliphatic carbocycles. The fourth-order valence-corrected chi connectivity index (χ4v) is 2.63. The van der Waals surface area contributed by atoms with E-state index >= 15 is 0 Å². The molecule has 0 bridgehead atoms. The van der Waals surface area contributed by atoms with Crippen molar-refractivity contribution in [2.75, 3.05) is 33.4 Å². The van der Waals surface area contributed by atoms with Gasteiger partial charge in [0.05, 0.1) is 31.4 Å². The van der Waals surface area contributed by atoms with Gasteiger partial charge >= 0.3 is 6.18 Å². The molecule has 5 nitrogen and oxygen atoms in total. The van der Waals surface area contributed by atoms with Gasteiger partial charge in [0.2, 0.25) is 5.91 Å². The molecule has 1 saturated heterocycles. The summed E-state index contributed by atoms with van der Waals surface area (Å²) >= 11 is 0. The molecule has 0 spiro atoms. The Bertz CT molecular complexity index is 628. The van der Waals surface area contributed by atoms with E-state index in [0.717, 1.165) is 10.5 Å². The Morgan fingerprint density at radius 1 is 1.50 bits per heavy atom. The third kappa shape index (κ3) is 4.94. The lowest BCUT2D eigenvalue weighted by molar-refractivity contribution is -0.170. The van der Waals surface area contributed by atoms with Crippen molar-refractivity contribution in [3.05, 3.63) is 35.4 Å². The third-order valence-corrected chi connectivity index (χ3v) is 3.76. The van der Waals surface area contributed by atoms with Crippen LogP contribution in [-0.4, -0.2) is 61.3 Å². The summed E-state index contributed by atoms with van der Waals surface area (Å²) in [5.41, 5.74) is 1.21. The number of benzene rings is 1. The maximum absolute atomic E-state index is 12.7. The van der Waals surface area contributed by atoms with Crippen LogP contribution in [0.5, 0.6) is 0 Å². The normalized spacial score (nSPS) is 18.9. The maximum atomic E-state index is 12.7. The predicted octanol–water partition coefficient (Wildman–Crippen LogP) is 1.78. The van der Waals surface area contributed by atoms with E-state index in [1.165, 1.54) is 11.9 Å². The first-order valence-electron chi connectivity index (χ1n) is 7.43. The minimum absolute atomic E-state index is 0.0580. The fourth-order valence-electron chi connectivity index (χ4n) is 2.63. The van der Waals surface area contributed by atoms with Gasteiger partial charge in [0.25, 0.3) is 0 Å². The van der Waals surface area contributed by atoms with E-state index in [9.17, 15) is 18.0 Å². The van der Waals surface area contributed by atoms with Crippen molar-refractivity contribution in [1.29, 1.82) is 5.26 Å². The average Bonchev–Trinajstić information content (AvgIpc) is 2.53. The second kappa shape index (κ2) is 7.64. The molecular weight excluding hydrogens is 323 g/mol. The van der Waals surface area contributed by atoms with Gasteiger partial charge in [0, 0.05) is 20.1 Å². The Morgan fingerprint density at radius 2 is 2.25 bits per heavy atom. The zero-order valence-corrected chi connectivity index (χ0v) is 13.2. The summed E-state index contributed by atoms with van der Waals surface area (Å²) in [7, 11) is 1.53. The van der Waals surface area contributed by atoms with Crippen LogP contribution in [0.15, 0.2) is 24.3 Å². The number of carbonyl (C=O) groups is 1. The van der Waals surface area contributed by atoms with Crippen LogP contribution in [0.1, 0.15) is 11.1 Å². The second-order valence-electron chi connectivity index (χ2n) is 5.68. The van der Waals surface area contributed by atoms with E-state index < -0.39 is 24.7 Å². The topological polar surface area (TPSA) is 56.6 Å². The van der Waals surface area contributed by atoms with Crippen molar-refractivity contribution in [1.82, 2.24) is 9.80 Å². The molecule has 1 aromatic carbocycles. The Balaban J connectivity index is 2.06. The first kappa shape index (κ1) is 18.2. The summed E-state index contributed by atoms with van der Waals surface area (Å²) < 4.78 is 43.2. The molecule has 0 N–H and O–H groups in total. The second-order valence-corrected chi connectivity index (χ2v) is 5.68. The number of morpholine rings is 1. The number of carbonyl (C=O) groups excluding carboxylic acids is 1. The molecule has 1 fully saturated rings. The molecule has 130 valence electrons. The third-order valence-electron chi connectivity index (χ3n) is 3.76. The summed E-state index contributed by atoms with van der Waals surface area (Å²) in [4.78, 5) is 15.0. The van der Waals surface area contributed by atoms with Crippen LogP contribution < -0.4 is 0 Å². The molecule has 0 radical (unpaired) electrons. The quantitative estimate of drug-likeness (QED) is 0.838. The van der Waals surface area contributed by atoms with Crippen molar-refractivity contribution >= 4 is 5.91 Å². The molecule has 0 saturated carbocycles. The van der Waals surface area contributed by atoms with Crippen LogP contribution in [0.25, 0.3) is 0 Å². The van der Waals surface area contributed by atoms with E-state index in [0.29, 0.717) is 5.56 Å². The number of alkyl halides is 3. The molecule has 1 aromatic rings. The van der Waals surface area contributed by atoms with Gasteiger partial charge in [-0.05, 0) is 17.7 Å². The highest BCUT2D eigenvalue weighted by Crippen LogP contribution is 2.21. The number of halogens is 3. The SMILES string of the molecule is CN(Cc1cccc(C#N)c1)C(=O)[C@H]1COCCN1CC(F)(F)F. The maximum Gasteiger partial charge on any atom is 0.401 e. The van der Waals surface area contributed by atoms with Crippen LogP contribution in [0.4, 0.5) is 13.2 Å². The van der Waals surface area contributed by atoms with Gasteiger partial charge in [0.1, 0.15) is 6.04 Å². The van der Waals surface area contributed by atoms with E-state index in [2.05, 4.69) is 0 Å². The molecule has 1 heterocycles. The Labute approximate surface area is 138 Å². The number of amides is 1. The summed E-state index contributed by atoms with van der Waals surface area (Å²) in [5, 5.41) is 8.89. The van der Waals surface area contributed by atoms with Crippen molar-refractivity contribution in [3.63, 3.8) is 0 Å². The van der Waals surface area contributed by atoms with Crippen molar-refractivity contribution < 1.29 is 22.7 Å². The Kier molecular flexibility index (Phi) is 5.80. The lowest BCUT2D eigenvalue weighted by Crippen LogP contribution is -2.56. The van der Waals surface area contributed by atoms with Crippen LogP contribution in [0, 0.1) is 11.3 Å². The first-order valence-corrected chi connectivity index (χ1v) is 7.43. The zero-order chi connectivity index (χ0) is 17.7. The van der Waals surface area contributed by atoms with E-state index in [1.54, 1.807) is 24.3 Å². The van der Waals surface area contributed by atoms with Crippen LogP contribution in [0.3, 0.4) is 0 Å². The van der Waals surface area contributed by atoms with Crippen molar-refractivity contribution in [2.24, 2.45) is 0 Å². The number of rotatable bonds is 4. The highest BCUT2D eigenvalue weighted by molar-refractivity contribution is 5.82. The molecule has 1 aliphatic heterocycles. The lowest BCUT2D eigenvalue weighted by atomic mass is 10.1. The van der Waals surface area contributed by atoms with Gasteiger partial charge in [-0.2, -0.15) is 18.4 Å². The average molecular weight is 341 g/mol. The number of likely N-dealkylation sites (N-methyl/N-ethyl adjacent to an activating group) is 1. The van der Waals surface area contributed by atoms with E-state index in [1.807, 2.05) is 6.07 Å². The van der Waals surface area contributed by atoms with Crippen molar-refractivity contribution in [3.8, 4) is 6.07 Å². The number of nitrogens with zero attached hydrogens (tertiary/aromatic N) is 3. The summed E-state index contributed by atoms with van der Waals surface area (Å²) in [6, 6.07) is 7.81. The molecular formula is C16H18F3N3O2. The van der Waals surface area contributed by atoms with E-state index in [-0.39, 0.29) is 26.3 Å². The molecule has 1 atom stereocenters. The Hall–Kier alpha value is -2.11. The number of nitriles is 1. The molecule has 1 aliphatic rings. The standard InChI is InChI=1S/C16H18F3N3O2/c1-21(9-13-4-2-3-12(7-13)8-20)15(23)14-10-24-6-5-22(14)11-16(17,18)19/h2-4,7,14H,5-6,9-11H2,1H3/t14-/m1/s1. The van der Waals surface area contributed by atoms with Gasteiger partial charge in [-0.1, -0.05) is 12.1 Å². The highest BCUT2D eigenvalue weighted by atomic mass is 19.4. The first-order chi connectivity index (χ1) is 11.3. The van der Waals surface area contributed by atoms with Crippen LogP contribution in [0.2, 0.25) is 0 Å². The van der Waals surface area contributed by atoms with Crippen LogP contribution >= 0.6 is 0 Å². The molecule has 0 unspecified atom stereocenters. The summed E-state index contributed by atoms with van der Waals surface area (Å²) in [6.07, 6.45) is -4.37. The summed E-state index contributed by atoms with van der Waals surface area (Å²) in [6.45, 7) is -0.742. The molecule has 0 aromatic heterocycles. The van der Waals surface area contributed by atoms with Crippen LogP contribution in [-0.2, 0) is 16.1 Å². The lowest BCUT2D eigenvalue weighted by Gasteiger charge is -2.36. The zero-order valence-electron chi connectivity index (χ0n) is 13.2. The number of ether oxygens (including phenoxy) is 1. The minimum atomic E-state index is -4.37. The summed E-state index contributed by atoms with van der Waals surface area (Å²) in [5.74, 6) is -0.429. The fraction of sp³-hybridized carbons (Fsp3) is 0.500. The molecule has 8 heteroatoms. The van der Waals surface area contributed by atoms with Gasteiger partial charge in [-0.3, -0.25) is 9.69 Å². The van der Waals surface area contributed by atoms with Gasteiger partial charge in [0.15, 0.2) is 0 Å². The van der Waals surface area contributed by atoms with Gasteiger partial charge < -0.3 is 9.64 Å². The van der Waals surface area contributed by atoms with E-state index in [4.69, 9.17) is 10.00 Å².